The van der Waals surface area contributed by atoms with Gasteiger partial charge in [0.25, 0.3) is 0 Å². The fraction of sp³-hybridized carbons (Fsp3) is 0. The molecule has 1 N–H and O–H groups in total. The van der Waals surface area contributed by atoms with Gasteiger partial charge in [-0.3, -0.25) is 4.79 Å². The standard InChI is InChI=1S/C14H9BrO3/c15-12-4-2-1-3-11(12)13(16)9-5-7-10(8-6-9)14(17)18/h1-8H,(H,17,18). The maximum atomic E-state index is 12.2. The quantitative estimate of drug-likeness (QED) is 0.884. The van der Waals surface area contributed by atoms with E-state index in [2.05, 4.69) is 15.9 Å². The molecular formula is C14H9BrO3. The first-order valence-electron chi connectivity index (χ1n) is 5.22. The third kappa shape index (κ3) is 2.49. The van der Waals surface area contributed by atoms with E-state index in [1.807, 2.05) is 6.07 Å². The van der Waals surface area contributed by atoms with Crippen LogP contribution in [0.1, 0.15) is 26.3 Å². The molecule has 90 valence electrons. The molecule has 0 saturated carbocycles. The normalized spacial score (nSPS) is 10.1. The van der Waals surface area contributed by atoms with Gasteiger partial charge < -0.3 is 5.11 Å². The number of hydrogen-bond acceptors (Lipinski definition) is 2. The van der Waals surface area contributed by atoms with Crippen LogP contribution in [0.5, 0.6) is 0 Å². The molecule has 0 spiro atoms. The summed E-state index contributed by atoms with van der Waals surface area (Å²) in [7, 11) is 0. The Hall–Kier alpha value is -1.94. The molecule has 0 atom stereocenters. The summed E-state index contributed by atoms with van der Waals surface area (Å²) in [6.45, 7) is 0. The van der Waals surface area contributed by atoms with E-state index in [9.17, 15) is 9.59 Å². The topological polar surface area (TPSA) is 54.4 Å². The van der Waals surface area contributed by atoms with Crippen molar-refractivity contribution in [2.24, 2.45) is 0 Å². The number of benzene rings is 2. The summed E-state index contributed by atoms with van der Waals surface area (Å²) in [4.78, 5) is 22.9. The van der Waals surface area contributed by atoms with Crippen LogP contribution in [0.25, 0.3) is 0 Å². The lowest BCUT2D eigenvalue weighted by Crippen LogP contribution is -2.03. The van der Waals surface area contributed by atoms with Crippen LogP contribution in [-0.4, -0.2) is 16.9 Å². The van der Waals surface area contributed by atoms with Gasteiger partial charge in [-0.15, -0.1) is 0 Å². The van der Waals surface area contributed by atoms with Crippen LogP contribution in [0.4, 0.5) is 0 Å². The first-order valence-corrected chi connectivity index (χ1v) is 6.01. The molecule has 0 heterocycles. The molecule has 0 amide bonds. The van der Waals surface area contributed by atoms with Gasteiger partial charge in [-0.05, 0) is 24.3 Å². The Balaban J connectivity index is 2.35. The molecule has 0 fully saturated rings. The molecule has 0 aliphatic carbocycles. The van der Waals surface area contributed by atoms with Crippen LogP contribution >= 0.6 is 15.9 Å². The average Bonchev–Trinajstić information content (AvgIpc) is 2.38. The maximum absolute atomic E-state index is 12.2. The van der Waals surface area contributed by atoms with E-state index in [-0.39, 0.29) is 11.3 Å². The van der Waals surface area contributed by atoms with Crippen molar-refractivity contribution in [3.8, 4) is 0 Å². The maximum Gasteiger partial charge on any atom is 0.335 e. The average molecular weight is 305 g/mol. The Morgan fingerprint density at radius 1 is 0.889 bits per heavy atom. The highest BCUT2D eigenvalue weighted by Crippen LogP contribution is 2.19. The van der Waals surface area contributed by atoms with E-state index in [1.165, 1.54) is 24.3 Å². The Labute approximate surface area is 112 Å². The van der Waals surface area contributed by atoms with Crippen LogP contribution in [-0.2, 0) is 0 Å². The van der Waals surface area contributed by atoms with Gasteiger partial charge in [-0.25, -0.2) is 4.79 Å². The van der Waals surface area contributed by atoms with Gasteiger partial charge in [0.2, 0.25) is 0 Å². The van der Waals surface area contributed by atoms with Crippen LogP contribution in [0, 0.1) is 0 Å². The molecule has 2 rings (SSSR count). The lowest BCUT2D eigenvalue weighted by molar-refractivity contribution is 0.0696. The Morgan fingerprint density at radius 3 is 2.00 bits per heavy atom. The van der Waals surface area contributed by atoms with Crippen molar-refractivity contribution >= 4 is 27.7 Å². The van der Waals surface area contributed by atoms with E-state index < -0.39 is 5.97 Å². The summed E-state index contributed by atoms with van der Waals surface area (Å²) >= 11 is 3.32. The monoisotopic (exact) mass is 304 g/mol. The predicted molar refractivity (Wildman–Crippen MR) is 71.0 cm³/mol. The molecule has 4 heteroatoms. The van der Waals surface area contributed by atoms with E-state index in [0.717, 1.165) is 4.47 Å². The highest BCUT2D eigenvalue weighted by Gasteiger charge is 2.12. The smallest absolute Gasteiger partial charge is 0.335 e. The van der Waals surface area contributed by atoms with Crippen molar-refractivity contribution in [2.45, 2.75) is 0 Å². The molecule has 18 heavy (non-hydrogen) atoms. The molecule has 2 aromatic rings. The van der Waals surface area contributed by atoms with E-state index in [1.54, 1.807) is 18.2 Å². The summed E-state index contributed by atoms with van der Waals surface area (Å²) in [5.41, 5.74) is 1.19. The minimum atomic E-state index is -1.00. The molecule has 0 aliphatic heterocycles. The fourth-order valence-electron chi connectivity index (χ4n) is 1.57. The Kier molecular flexibility index (Phi) is 3.58. The van der Waals surface area contributed by atoms with Gasteiger partial charge in [-0.2, -0.15) is 0 Å². The van der Waals surface area contributed by atoms with Crippen LogP contribution in [0.2, 0.25) is 0 Å². The van der Waals surface area contributed by atoms with Crippen LogP contribution in [0.15, 0.2) is 53.0 Å². The predicted octanol–water partition coefficient (Wildman–Crippen LogP) is 3.38. The van der Waals surface area contributed by atoms with E-state index in [4.69, 9.17) is 5.11 Å². The molecule has 0 unspecified atom stereocenters. The lowest BCUT2D eigenvalue weighted by atomic mass is 10.0. The van der Waals surface area contributed by atoms with Gasteiger partial charge in [0.1, 0.15) is 0 Å². The third-order valence-electron chi connectivity index (χ3n) is 2.51. The van der Waals surface area contributed by atoms with Gasteiger partial charge in [0.15, 0.2) is 5.78 Å². The highest BCUT2D eigenvalue weighted by molar-refractivity contribution is 9.10. The molecule has 3 nitrogen and oxygen atoms in total. The summed E-state index contributed by atoms with van der Waals surface area (Å²) in [5, 5.41) is 8.78. The van der Waals surface area contributed by atoms with Crippen molar-refractivity contribution in [1.29, 1.82) is 0 Å². The Bertz CT molecular complexity index is 603. The number of halogens is 1. The summed E-state index contributed by atoms with van der Waals surface area (Å²) in [6, 6.07) is 13.0. The number of carbonyl (C=O) groups is 2. The lowest BCUT2D eigenvalue weighted by Gasteiger charge is -2.04. The number of aromatic carboxylic acids is 1. The van der Waals surface area contributed by atoms with Crippen molar-refractivity contribution in [2.75, 3.05) is 0 Å². The number of carbonyl (C=O) groups excluding carboxylic acids is 1. The zero-order chi connectivity index (χ0) is 13.1. The van der Waals surface area contributed by atoms with Gasteiger partial charge in [-0.1, -0.05) is 40.2 Å². The second kappa shape index (κ2) is 5.14. The third-order valence-corrected chi connectivity index (χ3v) is 3.20. The van der Waals surface area contributed by atoms with Gasteiger partial charge in [0.05, 0.1) is 5.56 Å². The SMILES string of the molecule is O=C(O)c1ccc(C(=O)c2ccccc2Br)cc1. The fourth-order valence-corrected chi connectivity index (χ4v) is 2.03. The number of carboxylic acid groups (broad SMARTS) is 1. The minimum absolute atomic E-state index is 0.139. The molecule has 0 radical (unpaired) electrons. The van der Waals surface area contributed by atoms with E-state index >= 15 is 0 Å². The van der Waals surface area contributed by atoms with Crippen molar-refractivity contribution in [3.05, 3.63) is 69.7 Å². The number of rotatable bonds is 3. The Morgan fingerprint density at radius 2 is 1.44 bits per heavy atom. The van der Waals surface area contributed by atoms with E-state index in [0.29, 0.717) is 11.1 Å². The zero-order valence-electron chi connectivity index (χ0n) is 9.26. The molecule has 0 bridgehead atoms. The molecule has 0 saturated heterocycles. The first kappa shape index (κ1) is 12.5. The number of hydrogen-bond donors (Lipinski definition) is 1. The molecular weight excluding hydrogens is 296 g/mol. The highest BCUT2D eigenvalue weighted by atomic mass is 79.9. The first-order chi connectivity index (χ1) is 8.59. The van der Waals surface area contributed by atoms with Gasteiger partial charge >= 0.3 is 5.97 Å². The van der Waals surface area contributed by atoms with Crippen LogP contribution < -0.4 is 0 Å². The minimum Gasteiger partial charge on any atom is -0.478 e. The molecule has 0 aliphatic rings. The van der Waals surface area contributed by atoms with Gasteiger partial charge in [0, 0.05) is 15.6 Å². The number of carboxylic acids is 1. The zero-order valence-corrected chi connectivity index (χ0v) is 10.8. The van der Waals surface area contributed by atoms with Crippen molar-refractivity contribution in [3.63, 3.8) is 0 Å². The van der Waals surface area contributed by atoms with Crippen molar-refractivity contribution in [1.82, 2.24) is 0 Å². The summed E-state index contributed by atoms with van der Waals surface area (Å²) in [6.07, 6.45) is 0. The second-order valence-electron chi connectivity index (χ2n) is 3.69. The number of ketones is 1. The second-order valence-corrected chi connectivity index (χ2v) is 4.55. The summed E-state index contributed by atoms with van der Waals surface area (Å²) < 4.78 is 0.720. The molecule has 0 aromatic heterocycles. The summed E-state index contributed by atoms with van der Waals surface area (Å²) in [5.74, 6) is -1.14. The van der Waals surface area contributed by atoms with Crippen LogP contribution in [0.3, 0.4) is 0 Å². The molecule has 2 aromatic carbocycles. The largest absolute Gasteiger partial charge is 0.478 e. The van der Waals surface area contributed by atoms with Crippen molar-refractivity contribution < 1.29 is 14.7 Å².